The van der Waals surface area contributed by atoms with Crippen LogP contribution in [0.1, 0.15) is 22.8 Å². The number of carbonyl (C=O) groups excluding carboxylic acids is 1. The van der Waals surface area contributed by atoms with Crippen LogP contribution < -0.4 is 11.1 Å². The number of benzene rings is 3. The first-order chi connectivity index (χ1) is 14.5. The Bertz CT molecular complexity index is 1080. The molecule has 6 nitrogen and oxygen atoms in total. The summed E-state index contributed by atoms with van der Waals surface area (Å²) in [5, 5.41) is 11.9. The van der Waals surface area contributed by atoms with Crippen LogP contribution in [0.25, 0.3) is 11.1 Å². The van der Waals surface area contributed by atoms with Gasteiger partial charge in [-0.1, -0.05) is 60.7 Å². The maximum Gasteiger partial charge on any atom is 0.329 e. The van der Waals surface area contributed by atoms with Gasteiger partial charge >= 0.3 is 5.97 Å². The quantitative estimate of drug-likeness (QED) is 0.562. The summed E-state index contributed by atoms with van der Waals surface area (Å²) in [6.45, 7) is -0.406. The molecule has 0 aromatic heterocycles. The fourth-order valence-electron chi connectivity index (χ4n) is 3.77. The van der Waals surface area contributed by atoms with Crippen LogP contribution in [-0.4, -0.2) is 29.6 Å². The number of aliphatic carboxylic acids is 1. The topological polar surface area (TPSA) is 102 Å². The molecular formula is C24H22N2O4. The van der Waals surface area contributed by atoms with Gasteiger partial charge in [-0.15, -0.1) is 0 Å². The van der Waals surface area contributed by atoms with Gasteiger partial charge in [-0.05, 0) is 46.4 Å². The Morgan fingerprint density at radius 2 is 1.67 bits per heavy atom. The lowest BCUT2D eigenvalue weighted by atomic mass is 10.0. The Kier molecular flexibility index (Phi) is 5.61. The second kappa shape index (κ2) is 8.49. The molecule has 0 saturated carbocycles. The Labute approximate surface area is 174 Å². The highest BCUT2D eigenvalue weighted by atomic mass is 16.5. The Balaban J connectivity index is 1.54. The number of ether oxygens (including phenoxy) is 1. The highest BCUT2D eigenvalue weighted by molar-refractivity contribution is 5.95. The van der Waals surface area contributed by atoms with E-state index < -0.39 is 24.7 Å². The standard InChI is InChI=1S/C24H22N2O4/c25-21(12-15-6-2-1-3-7-15)24(29)26-16-10-11-18-17-8-4-5-9-19(17)23(20(18)13-16)30-14-22(27)28/h1-11,13,21,23H,12,14,25H2,(H,26,29)(H,27,28). The van der Waals surface area contributed by atoms with Crippen LogP contribution >= 0.6 is 0 Å². The van der Waals surface area contributed by atoms with E-state index in [9.17, 15) is 9.59 Å². The molecule has 4 rings (SSSR count). The third-order valence-electron chi connectivity index (χ3n) is 5.14. The molecule has 0 radical (unpaired) electrons. The zero-order valence-corrected chi connectivity index (χ0v) is 16.2. The number of amides is 1. The van der Waals surface area contributed by atoms with Gasteiger partial charge in [-0.3, -0.25) is 4.79 Å². The van der Waals surface area contributed by atoms with Crippen molar-refractivity contribution in [2.45, 2.75) is 18.6 Å². The molecule has 3 aromatic rings. The molecule has 0 aliphatic heterocycles. The summed E-state index contributed by atoms with van der Waals surface area (Å²) in [7, 11) is 0. The normalized spacial score (nSPS) is 15.2. The van der Waals surface area contributed by atoms with Crippen LogP contribution in [0.5, 0.6) is 0 Å². The van der Waals surface area contributed by atoms with Gasteiger partial charge in [0.1, 0.15) is 12.7 Å². The number of carboxylic acids is 1. The van der Waals surface area contributed by atoms with Crippen molar-refractivity contribution in [3.05, 3.63) is 89.5 Å². The first-order valence-corrected chi connectivity index (χ1v) is 9.70. The van der Waals surface area contributed by atoms with Gasteiger partial charge in [0.05, 0.1) is 6.04 Å². The SMILES string of the molecule is NC(Cc1ccccc1)C(=O)Nc1ccc2c(c1)C(OCC(=O)O)c1ccccc1-2. The molecule has 6 heteroatoms. The zero-order chi connectivity index (χ0) is 21.1. The lowest BCUT2D eigenvalue weighted by Gasteiger charge is -2.16. The van der Waals surface area contributed by atoms with E-state index in [1.165, 1.54) is 0 Å². The third kappa shape index (κ3) is 4.10. The second-order valence-corrected chi connectivity index (χ2v) is 7.26. The van der Waals surface area contributed by atoms with Crippen molar-refractivity contribution >= 4 is 17.6 Å². The van der Waals surface area contributed by atoms with Crippen LogP contribution in [0.4, 0.5) is 5.69 Å². The van der Waals surface area contributed by atoms with Crippen molar-refractivity contribution in [3.63, 3.8) is 0 Å². The van der Waals surface area contributed by atoms with E-state index >= 15 is 0 Å². The Morgan fingerprint density at radius 3 is 2.43 bits per heavy atom. The Morgan fingerprint density at radius 1 is 0.967 bits per heavy atom. The molecule has 0 spiro atoms. The molecule has 30 heavy (non-hydrogen) atoms. The largest absolute Gasteiger partial charge is 0.480 e. The van der Waals surface area contributed by atoms with E-state index in [-0.39, 0.29) is 5.91 Å². The van der Waals surface area contributed by atoms with Gasteiger partial charge in [-0.2, -0.15) is 0 Å². The average Bonchev–Trinajstić information content (AvgIpc) is 3.06. The van der Waals surface area contributed by atoms with Crippen LogP contribution in [0.2, 0.25) is 0 Å². The third-order valence-corrected chi connectivity index (χ3v) is 5.14. The summed E-state index contributed by atoms with van der Waals surface area (Å²) in [4.78, 5) is 23.6. The number of rotatable bonds is 7. The predicted molar refractivity (Wildman–Crippen MR) is 114 cm³/mol. The molecule has 0 saturated heterocycles. The van der Waals surface area contributed by atoms with E-state index in [4.69, 9.17) is 15.6 Å². The summed E-state index contributed by atoms with van der Waals surface area (Å²) in [6, 6.07) is 22.2. The first-order valence-electron chi connectivity index (χ1n) is 9.70. The van der Waals surface area contributed by atoms with Crippen LogP contribution in [0.15, 0.2) is 72.8 Å². The number of fused-ring (bicyclic) bond motifs is 3. The molecule has 0 heterocycles. The van der Waals surface area contributed by atoms with Gasteiger partial charge in [0.2, 0.25) is 5.91 Å². The average molecular weight is 402 g/mol. The molecule has 3 aromatic carbocycles. The maximum absolute atomic E-state index is 12.6. The maximum atomic E-state index is 12.6. The number of anilines is 1. The minimum Gasteiger partial charge on any atom is -0.480 e. The van der Waals surface area contributed by atoms with Gasteiger partial charge in [0.15, 0.2) is 0 Å². The predicted octanol–water partition coefficient (Wildman–Crippen LogP) is 3.37. The molecule has 1 aliphatic rings. The lowest BCUT2D eigenvalue weighted by molar-refractivity contribution is -0.143. The molecule has 0 bridgehead atoms. The summed E-state index contributed by atoms with van der Waals surface area (Å²) in [6.07, 6.45) is -0.0601. The van der Waals surface area contributed by atoms with E-state index in [0.717, 1.165) is 27.8 Å². The molecule has 1 aliphatic carbocycles. The molecular weight excluding hydrogens is 380 g/mol. The van der Waals surface area contributed by atoms with E-state index in [2.05, 4.69) is 5.32 Å². The van der Waals surface area contributed by atoms with Crippen LogP contribution in [-0.2, 0) is 20.7 Å². The van der Waals surface area contributed by atoms with Crippen LogP contribution in [0.3, 0.4) is 0 Å². The minimum absolute atomic E-state index is 0.280. The molecule has 4 N–H and O–H groups in total. The van der Waals surface area contributed by atoms with Crippen molar-refractivity contribution < 1.29 is 19.4 Å². The highest BCUT2D eigenvalue weighted by Gasteiger charge is 2.30. The fraction of sp³-hybridized carbons (Fsp3) is 0.167. The smallest absolute Gasteiger partial charge is 0.329 e. The van der Waals surface area contributed by atoms with Crippen molar-refractivity contribution in [2.75, 3.05) is 11.9 Å². The molecule has 152 valence electrons. The lowest BCUT2D eigenvalue weighted by Crippen LogP contribution is -2.37. The summed E-state index contributed by atoms with van der Waals surface area (Å²) >= 11 is 0. The summed E-state index contributed by atoms with van der Waals surface area (Å²) in [5.74, 6) is -1.31. The van der Waals surface area contributed by atoms with Crippen molar-refractivity contribution in [2.24, 2.45) is 5.73 Å². The summed E-state index contributed by atoms with van der Waals surface area (Å²) < 4.78 is 5.67. The number of carboxylic acid groups (broad SMARTS) is 1. The molecule has 2 atom stereocenters. The van der Waals surface area contributed by atoms with E-state index in [1.807, 2.05) is 72.8 Å². The molecule has 2 unspecified atom stereocenters. The highest BCUT2D eigenvalue weighted by Crippen LogP contribution is 2.46. The number of nitrogens with two attached hydrogens (primary N) is 1. The second-order valence-electron chi connectivity index (χ2n) is 7.26. The van der Waals surface area contributed by atoms with Gasteiger partial charge in [0, 0.05) is 5.69 Å². The number of hydrogen-bond acceptors (Lipinski definition) is 4. The van der Waals surface area contributed by atoms with E-state index in [1.54, 1.807) is 0 Å². The zero-order valence-electron chi connectivity index (χ0n) is 16.2. The first kappa shape index (κ1) is 19.8. The number of hydrogen-bond donors (Lipinski definition) is 3. The van der Waals surface area contributed by atoms with Gasteiger partial charge < -0.3 is 20.9 Å². The monoisotopic (exact) mass is 402 g/mol. The van der Waals surface area contributed by atoms with Gasteiger partial charge in [0.25, 0.3) is 0 Å². The summed E-state index contributed by atoms with van der Waals surface area (Å²) in [5.41, 5.74) is 11.4. The van der Waals surface area contributed by atoms with Crippen molar-refractivity contribution in [1.29, 1.82) is 0 Å². The van der Waals surface area contributed by atoms with Gasteiger partial charge in [-0.25, -0.2) is 4.79 Å². The van der Waals surface area contributed by atoms with Crippen LogP contribution in [0, 0.1) is 0 Å². The number of carbonyl (C=O) groups is 2. The fourth-order valence-corrected chi connectivity index (χ4v) is 3.77. The van der Waals surface area contributed by atoms with Crippen molar-refractivity contribution in [3.8, 4) is 11.1 Å². The van der Waals surface area contributed by atoms with E-state index in [0.29, 0.717) is 12.1 Å². The van der Waals surface area contributed by atoms with Crippen molar-refractivity contribution in [1.82, 2.24) is 0 Å². The molecule has 0 fully saturated rings. The Hall–Kier alpha value is -3.48. The minimum atomic E-state index is -1.03. The molecule has 1 amide bonds. The number of nitrogens with one attached hydrogen (secondary N) is 1.